The average molecular weight is 424 g/mol. The molecule has 6 nitrogen and oxygen atoms in total. The second-order valence-electron chi connectivity index (χ2n) is 6.40. The van der Waals surface area contributed by atoms with Crippen LogP contribution < -0.4 is 20.1 Å². The Labute approximate surface area is 167 Å². The fraction of sp³-hybridized carbons (Fsp3) is 0.263. The van der Waals surface area contributed by atoms with Crippen LogP contribution in [0.1, 0.15) is 22.0 Å². The first-order valence-electron chi connectivity index (χ1n) is 8.65. The van der Waals surface area contributed by atoms with Gasteiger partial charge < -0.3 is 20.1 Å². The highest BCUT2D eigenvalue weighted by Gasteiger charge is 2.42. The van der Waals surface area contributed by atoms with Gasteiger partial charge in [0.05, 0.1) is 11.4 Å². The van der Waals surface area contributed by atoms with Crippen LogP contribution in [0.5, 0.6) is 11.5 Å². The lowest BCUT2D eigenvalue weighted by Crippen LogP contribution is -2.38. The first-order chi connectivity index (χ1) is 13.8. The zero-order valence-corrected chi connectivity index (χ0v) is 15.7. The van der Waals surface area contributed by atoms with Crippen LogP contribution >= 0.6 is 11.8 Å². The smallest absolute Gasteiger partial charge is 0.412 e. The zero-order valence-electron chi connectivity index (χ0n) is 14.8. The molecule has 152 valence electrons. The highest BCUT2D eigenvalue weighted by molar-refractivity contribution is 8.00. The second-order valence-corrected chi connectivity index (χ2v) is 7.42. The Morgan fingerprint density at radius 3 is 2.62 bits per heavy atom. The van der Waals surface area contributed by atoms with Gasteiger partial charge in [-0.3, -0.25) is 9.59 Å². The van der Waals surface area contributed by atoms with Crippen molar-refractivity contribution < 1.29 is 32.2 Å². The number of anilines is 1. The summed E-state index contributed by atoms with van der Waals surface area (Å²) in [5.41, 5.74) is 0.247. The van der Waals surface area contributed by atoms with Gasteiger partial charge in [-0.15, -0.1) is 11.8 Å². The fourth-order valence-corrected chi connectivity index (χ4v) is 3.82. The van der Waals surface area contributed by atoms with E-state index in [0.29, 0.717) is 18.0 Å². The molecule has 2 aromatic carbocycles. The van der Waals surface area contributed by atoms with Crippen molar-refractivity contribution in [2.24, 2.45) is 0 Å². The van der Waals surface area contributed by atoms with Gasteiger partial charge >= 0.3 is 6.18 Å². The van der Waals surface area contributed by atoms with E-state index in [2.05, 4.69) is 5.32 Å². The van der Waals surface area contributed by atoms with Gasteiger partial charge in [0.2, 0.25) is 5.91 Å². The normalized spacial score (nSPS) is 16.4. The molecule has 0 saturated carbocycles. The van der Waals surface area contributed by atoms with Crippen LogP contribution in [0.2, 0.25) is 0 Å². The lowest BCUT2D eigenvalue weighted by Gasteiger charge is -2.25. The standard InChI is InChI=1S/C19H15F3N2O4S/c20-19(21,22)17(10-1-3-13-14(8-10)28-6-5-27-13)24-18(26)11-2-4-15-12(7-11)23-16(25)9-29-15/h1-4,7-8,17H,5-6,9H2,(H,23,25)(H,24,26)/t17-/m0/s1. The fourth-order valence-electron chi connectivity index (χ4n) is 3.03. The summed E-state index contributed by atoms with van der Waals surface area (Å²) >= 11 is 1.30. The number of thioether (sulfide) groups is 1. The lowest BCUT2D eigenvalue weighted by atomic mass is 10.0. The predicted molar refractivity (Wildman–Crippen MR) is 99.5 cm³/mol. The van der Waals surface area contributed by atoms with Crippen molar-refractivity contribution in [3.63, 3.8) is 0 Å². The molecule has 1 atom stereocenters. The molecular weight excluding hydrogens is 409 g/mol. The van der Waals surface area contributed by atoms with Gasteiger partial charge in [-0.05, 0) is 35.9 Å². The number of fused-ring (bicyclic) bond motifs is 2. The van der Waals surface area contributed by atoms with E-state index in [9.17, 15) is 22.8 Å². The Hall–Kier alpha value is -2.88. The number of carbonyl (C=O) groups excluding carboxylic acids is 2. The molecule has 2 aliphatic rings. The quantitative estimate of drug-likeness (QED) is 0.789. The molecule has 0 spiro atoms. The number of amides is 2. The molecule has 0 aliphatic carbocycles. The maximum absolute atomic E-state index is 13.7. The largest absolute Gasteiger partial charge is 0.486 e. The molecule has 0 bridgehead atoms. The topological polar surface area (TPSA) is 76.7 Å². The molecule has 10 heteroatoms. The number of nitrogens with one attached hydrogen (secondary N) is 2. The maximum Gasteiger partial charge on any atom is 0.412 e. The van der Waals surface area contributed by atoms with Crippen LogP contribution in [0.15, 0.2) is 41.3 Å². The molecule has 2 heterocycles. The van der Waals surface area contributed by atoms with Gasteiger partial charge in [0.15, 0.2) is 17.5 Å². The van der Waals surface area contributed by atoms with Gasteiger partial charge in [-0.2, -0.15) is 13.2 Å². The predicted octanol–water partition coefficient (Wildman–Crippen LogP) is 3.54. The Morgan fingerprint density at radius 1 is 1.10 bits per heavy atom. The summed E-state index contributed by atoms with van der Waals surface area (Å²) in [6.07, 6.45) is -4.72. The Morgan fingerprint density at radius 2 is 1.86 bits per heavy atom. The summed E-state index contributed by atoms with van der Waals surface area (Å²) in [5, 5.41) is 4.65. The first kappa shape index (κ1) is 19.4. The minimum atomic E-state index is -4.72. The molecule has 0 radical (unpaired) electrons. The van der Waals surface area contributed by atoms with Gasteiger partial charge in [0, 0.05) is 10.5 Å². The van der Waals surface area contributed by atoms with Crippen LogP contribution in [0.4, 0.5) is 18.9 Å². The molecule has 2 aliphatic heterocycles. The average Bonchev–Trinajstić information content (AvgIpc) is 2.70. The van der Waals surface area contributed by atoms with Crippen molar-refractivity contribution >= 4 is 29.3 Å². The summed E-state index contributed by atoms with van der Waals surface area (Å²) in [5.74, 6) is -0.334. The van der Waals surface area contributed by atoms with Crippen molar-refractivity contribution in [3.05, 3.63) is 47.5 Å². The lowest BCUT2D eigenvalue weighted by molar-refractivity contribution is -0.155. The minimum Gasteiger partial charge on any atom is -0.486 e. The molecule has 2 aromatic rings. The summed E-state index contributed by atoms with van der Waals surface area (Å²) in [6, 6.07) is 6.01. The summed E-state index contributed by atoms with van der Waals surface area (Å²) in [7, 11) is 0. The summed E-state index contributed by atoms with van der Waals surface area (Å²) < 4.78 is 51.7. The number of hydrogen-bond donors (Lipinski definition) is 2. The minimum absolute atomic E-state index is 0.0124. The monoisotopic (exact) mass is 424 g/mol. The number of ether oxygens (including phenoxy) is 2. The van der Waals surface area contributed by atoms with Crippen molar-refractivity contribution in [3.8, 4) is 11.5 Å². The van der Waals surface area contributed by atoms with Crippen LogP contribution in [-0.4, -0.2) is 37.0 Å². The van der Waals surface area contributed by atoms with E-state index in [0.717, 1.165) is 4.90 Å². The van der Waals surface area contributed by atoms with Gasteiger partial charge in [-0.1, -0.05) is 6.07 Å². The van der Waals surface area contributed by atoms with E-state index in [1.165, 1.54) is 42.1 Å². The van der Waals surface area contributed by atoms with Crippen LogP contribution in [-0.2, 0) is 4.79 Å². The Bertz CT molecular complexity index is 980. The van der Waals surface area contributed by atoms with Crippen LogP contribution in [0.25, 0.3) is 0 Å². The second kappa shape index (κ2) is 7.51. The molecule has 0 fully saturated rings. The molecule has 2 N–H and O–H groups in total. The third-order valence-corrected chi connectivity index (χ3v) is 5.45. The Balaban J connectivity index is 1.60. The van der Waals surface area contributed by atoms with Crippen molar-refractivity contribution in [2.45, 2.75) is 17.1 Å². The van der Waals surface area contributed by atoms with E-state index >= 15 is 0 Å². The van der Waals surface area contributed by atoms with E-state index < -0.39 is 18.1 Å². The highest BCUT2D eigenvalue weighted by Crippen LogP contribution is 2.38. The first-order valence-corrected chi connectivity index (χ1v) is 9.63. The summed E-state index contributed by atoms with van der Waals surface area (Å²) in [4.78, 5) is 24.8. The number of hydrogen-bond acceptors (Lipinski definition) is 5. The van der Waals surface area contributed by atoms with E-state index in [1.54, 1.807) is 6.07 Å². The highest BCUT2D eigenvalue weighted by atomic mass is 32.2. The number of alkyl halides is 3. The molecule has 0 saturated heterocycles. The molecule has 0 unspecified atom stereocenters. The molecule has 4 rings (SSSR count). The van der Waals surface area contributed by atoms with E-state index in [1.807, 2.05) is 5.32 Å². The van der Waals surface area contributed by atoms with Gasteiger partial charge in [0.1, 0.15) is 13.2 Å². The Kier molecular flexibility index (Phi) is 5.03. The van der Waals surface area contributed by atoms with Gasteiger partial charge in [-0.25, -0.2) is 0 Å². The van der Waals surface area contributed by atoms with E-state index in [-0.39, 0.29) is 35.1 Å². The molecule has 2 amide bonds. The van der Waals surface area contributed by atoms with Crippen molar-refractivity contribution in [1.29, 1.82) is 0 Å². The number of benzene rings is 2. The van der Waals surface area contributed by atoms with Crippen molar-refractivity contribution in [2.75, 3.05) is 24.3 Å². The molecular formula is C19H15F3N2O4S. The number of halogens is 3. The molecule has 0 aromatic heterocycles. The number of carbonyl (C=O) groups is 2. The van der Waals surface area contributed by atoms with E-state index in [4.69, 9.17) is 9.47 Å². The third-order valence-electron chi connectivity index (χ3n) is 4.38. The van der Waals surface area contributed by atoms with Gasteiger partial charge in [0.25, 0.3) is 5.91 Å². The molecule has 29 heavy (non-hydrogen) atoms. The van der Waals surface area contributed by atoms with Crippen molar-refractivity contribution in [1.82, 2.24) is 5.32 Å². The number of rotatable bonds is 3. The zero-order chi connectivity index (χ0) is 20.6. The third kappa shape index (κ3) is 4.12. The van der Waals surface area contributed by atoms with Crippen LogP contribution in [0, 0.1) is 0 Å². The SMILES string of the molecule is O=C1CSc2ccc(C(=O)N[C@@H](c3ccc4c(c3)OCCO4)C(F)(F)F)cc2N1. The maximum atomic E-state index is 13.7. The summed E-state index contributed by atoms with van der Waals surface area (Å²) in [6.45, 7) is 0.553. The van der Waals surface area contributed by atoms with Crippen LogP contribution in [0.3, 0.4) is 0 Å².